The summed E-state index contributed by atoms with van der Waals surface area (Å²) in [5, 5.41) is 0.648. The maximum absolute atomic E-state index is 13.8. The first-order valence-corrected chi connectivity index (χ1v) is 16.4. The number of hydrogen-bond donors (Lipinski definition) is 1. The van der Waals surface area contributed by atoms with E-state index in [-0.39, 0.29) is 23.8 Å². The molecule has 4 atom stereocenters. The van der Waals surface area contributed by atoms with E-state index in [1.54, 1.807) is 4.90 Å². The number of amides is 1. The summed E-state index contributed by atoms with van der Waals surface area (Å²) >= 11 is 6.18. The number of likely N-dealkylation sites (tertiary alicyclic amines) is 1. The zero-order valence-corrected chi connectivity index (χ0v) is 26.1. The fourth-order valence-corrected chi connectivity index (χ4v) is 6.68. The highest BCUT2D eigenvalue weighted by atomic mass is 35.5. The Bertz CT molecular complexity index is 1250. The van der Waals surface area contributed by atoms with Crippen molar-refractivity contribution >= 4 is 29.3 Å². The Morgan fingerprint density at radius 1 is 1.02 bits per heavy atom. The highest BCUT2D eigenvalue weighted by Crippen LogP contribution is 2.31. The van der Waals surface area contributed by atoms with E-state index in [0.717, 1.165) is 30.5 Å². The van der Waals surface area contributed by atoms with Crippen LogP contribution in [0, 0.1) is 0 Å². The van der Waals surface area contributed by atoms with Crippen molar-refractivity contribution in [3.05, 3.63) is 70.7 Å². The van der Waals surface area contributed by atoms with Gasteiger partial charge in [0.2, 0.25) is 5.91 Å². The Hall–Kier alpha value is -2.94. The molecule has 0 unspecified atom stereocenters. The van der Waals surface area contributed by atoms with E-state index in [0.29, 0.717) is 49.9 Å². The largest absolute Gasteiger partial charge is 0.455 e. The molecule has 3 heterocycles. The van der Waals surface area contributed by atoms with E-state index >= 15 is 0 Å². The quantitative estimate of drug-likeness (QED) is 0.367. The van der Waals surface area contributed by atoms with E-state index < -0.39 is 12.1 Å². The molecule has 2 fully saturated rings. The molecule has 2 saturated heterocycles. The number of rotatable bonds is 11. The summed E-state index contributed by atoms with van der Waals surface area (Å²) in [5.41, 5.74) is 8.55. The number of benzene rings is 2. The fourth-order valence-electron chi connectivity index (χ4n) is 6.47. The molecule has 2 N–H and O–H groups in total. The molecule has 232 valence electrons. The molecule has 0 radical (unpaired) electrons. The Morgan fingerprint density at radius 2 is 1.81 bits per heavy atom. The second kappa shape index (κ2) is 15.2. The van der Waals surface area contributed by atoms with Crippen molar-refractivity contribution in [2.45, 2.75) is 82.5 Å². The number of ketones is 1. The number of piperidine rings is 1. The predicted molar refractivity (Wildman–Crippen MR) is 171 cm³/mol. The molecular weight excluding hydrogens is 562 g/mol. The zero-order chi connectivity index (χ0) is 30.2. The number of hydrogen-bond acceptors (Lipinski definition) is 7. The number of carbonyl (C=O) groups is 2. The molecule has 1 amide bonds. The van der Waals surface area contributed by atoms with Crippen molar-refractivity contribution in [2.75, 3.05) is 39.3 Å². The Labute approximate surface area is 261 Å². The van der Waals surface area contributed by atoms with Crippen LogP contribution in [0.5, 0.6) is 0 Å². The number of amidine groups is 1. The van der Waals surface area contributed by atoms with Crippen LogP contribution >= 0.6 is 11.6 Å². The second-order valence-electron chi connectivity index (χ2n) is 12.2. The van der Waals surface area contributed by atoms with Crippen LogP contribution in [0.2, 0.25) is 5.02 Å². The number of nitrogens with two attached hydrogens (primary N) is 1. The summed E-state index contributed by atoms with van der Waals surface area (Å²) in [7, 11) is 0. The number of aliphatic imine (C=N–C) groups is 1. The van der Waals surface area contributed by atoms with Crippen molar-refractivity contribution in [3.63, 3.8) is 0 Å². The minimum atomic E-state index is -0.614. The first-order valence-electron chi connectivity index (χ1n) is 16.0. The Morgan fingerprint density at radius 3 is 2.58 bits per heavy atom. The van der Waals surface area contributed by atoms with Gasteiger partial charge in [-0.15, -0.1) is 0 Å². The van der Waals surface area contributed by atoms with Gasteiger partial charge in [0.25, 0.3) is 6.02 Å². The van der Waals surface area contributed by atoms with Gasteiger partial charge in [-0.25, -0.2) is 4.99 Å². The summed E-state index contributed by atoms with van der Waals surface area (Å²) in [6.07, 6.45) is 7.15. The van der Waals surface area contributed by atoms with Gasteiger partial charge in [-0.3, -0.25) is 9.59 Å². The first kappa shape index (κ1) is 31.5. The summed E-state index contributed by atoms with van der Waals surface area (Å²) in [4.78, 5) is 38.5. The molecule has 3 aliphatic rings. The maximum atomic E-state index is 13.8. The molecule has 0 saturated carbocycles. The number of halogens is 1. The number of aryl methyl sites for hydroxylation is 1. The van der Waals surface area contributed by atoms with E-state index in [2.05, 4.69) is 4.90 Å². The van der Waals surface area contributed by atoms with Crippen LogP contribution in [0.4, 0.5) is 0 Å². The molecule has 0 aromatic heterocycles. The minimum Gasteiger partial charge on any atom is -0.455 e. The van der Waals surface area contributed by atoms with Gasteiger partial charge >= 0.3 is 0 Å². The number of unbranched alkanes of at least 4 members (excludes halogenated alkanes) is 1. The number of nitrogens with zero attached hydrogens (tertiary/aromatic N) is 4. The first-order chi connectivity index (χ1) is 20.9. The molecule has 0 spiro atoms. The van der Waals surface area contributed by atoms with Crippen LogP contribution < -0.4 is 5.73 Å². The average Bonchev–Trinajstić information content (AvgIpc) is 3.43. The molecule has 9 heteroatoms. The molecule has 0 bridgehead atoms. The van der Waals surface area contributed by atoms with Crippen molar-refractivity contribution in [3.8, 4) is 0 Å². The summed E-state index contributed by atoms with van der Waals surface area (Å²) in [5.74, 6) is -0.120. The summed E-state index contributed by atoms with van der Waals surface area (Å²) in [6.45, 7) is 6.74. The van der Waals surface area contributed by atoms with E-state index in [9.17, 15) is 9.59 Å². The third kappa shape index (κ3) is 8.37. The van der Waals surface area contributed by atoms with Gasteiger partial charge in [0, 0.05) is 31.1 Å². The molecule has 2 aromatic rings. The van der Waals surface area contributed by atoms with Crippen LogP contribution in [-0.4, -0.2) is 89.8 Å². The van der Waals surface area contributed by atoms with Crippen molar-refractivity contribution in [2.24, 2.45) is 10.7 Å². The smallest absolute Gasteiger partial charge is 0.288 e. The lowest BCUT2D eigenvalue weighted by Gasteiger charge is -2.42. The van der Waals surface area contributed by atoms with Crippen LogP contribution in [0.25, 0.3) is 0 Å². The van der Waals surface area contributed by atoms with Gasteiger partial charge in [-0.05, 0) is 81.9 Å². The standard InChI is InChI=1S/C34H46ClN5O3/c1-25-32(27-12-4-2-5-13-27)43-34(37-25)39-21-22-40(30(24-39)31(41)17-16-26-11-10-14-28(35)23-26)33(42)29(36)15-6-9-20-38-18-7-3-8-19-38/h2,4-5,10-14,23,25,29-30,32H,3,6-9,15-22,24,36H2,1H3/t25-,29+,30-,32+/m0/s1. The fraction of sp³-hybridized carbons (Fsp3) is 0.559. The number of carbonyl (C=O) groups excluding carboxylic acids is 2. The molecule has 2 aromatic carbocycles. The van der Waals surface area contributed by atoms with Gasteiger partial charge in [0.15, 0.2) is 5.78 Å². The molecule has 0 aliphatic carbocycles. The molecule has 3 aliphatic heterocycles. The van der Waals surface area contributed by atoms with E-state index in [1.807, 2.05) is 66.4 Å². The van der Waals surface area contributed by atoms with Gasteiger partial charge in [0.05, 0.1) is 12.1 Å². The molecule has 5 rings (SSSR count). The Balaban J connectivity index is 1.22. The number of ether oxygens (including phenoxy) is 1. The van der Waals surface area contributed by atoms with Gasteiger partial charge in [-0.2, -0.15) is 0 Å². The van der Waals surface area contributed by atoms with Crippen LogP contribution in [0.15, 0.2) is 59.6 Å². The second-order valence-corrected chi connectivity index (χ2v) is 12.6. The molecule has 43 heavy (non-hydrogen) atoms. The van der Waals surface area contributed by atoms with Crippen LogP contribution in [0.1, 0.15) is 69.1 Å². The van der Waals surface area contributed by atoms with Crippen molar-refractivity contribution in [1.29, 1.82) is 0 Å². The van der Waals surface area contributed by atoms with Crippen molar-refractivity contribution in [1.82, 2.24) is 14.7 Å². The van der Waals surface area contributed by atoms with Gasteiger partial charge in [0.1, 0.15) is 12.1 Å². The average molecular weight is 608 g/mol. The lowest BCUT2D eigenvalue weighted by atomic mass is 9.99. The predicted octanol–water partition coefficient (Wildman–Crippen LogP) is 4.85. The highest BCUT2D eigenvalue weighted by Gasteiger charge is 2.40. The van der Waals surface area contributed by atoms with Crippen LogP contribution in [-0.2, 0) is 20.7 Å². The van der Waals surface area contributed by atoms with Crippen LogP contribution in [0.3, 0.4) is 0 Å². The van der Waals surface area contributed by atoms with Crippen molar-refractivity contribution < 1.29 is 14.3 Å². The lowest BCUT2D eigenvalue weighted by Crippen LogP contribution is -2.62. The van der Waals surface area contributed by atoms with E-state index in [4.69, 9.17) is 27.1 Å². The number of Topliss-reactive ketones (excluding diaryl/α,β-unsaturated/α-hetero) is 1. The Kier molecular flexibility index (Phi) is 11.1. The third-order valence-electron chi connectivity index (χ3n) is 8.97. The number of piperazine rings is 1. The SMILES string of the molecule is C[C@@H]1N=C(N2CCN(C(=O)[C@H](N)CCCCN3CCCCC3)[C@H](C(=O)CCc3cccc(Cl)c3)C2)O[C@H]1c1ccccc1. The summed E-state index contributed by atoms with van der Waals surface area (Å²) < 4.78 is 6.35. The summed E-state index contributed by atoms with van der Waals surface area (Å²) in [6, 6.07) is 16.9. The maximum Gasteiger partial charge on any atom is 0.288 e. The molecule has 8 nitrogen and oxygen atoms in total. The minimum absolute atomic E-state index is 0.0154. The highest BCUT2D eigenvalue weighted by molar-refractivity contribution is 6.30. The monoisotopic (exact) mass is 607 g/mol. The molecular formula is C34H46ClN5O3. The zero-order valence-electron chi connectivity index (χ0n) is 25.4. The van der Waals surface area contributed by atoms with Gasteiger partial charge in [-0.1, -0.05) is 66.9 Å². The third-order valence-corrected chi connectivity index (χ3v) is 9.21. The lowest BCUT2D eigenvalue weighted by molar-refractivity contribution is -0.143. The van der Waals surface area contributed by atoms with E-state index in [1.165, 1.54) is 32.4 Å². The topological polar surface area (TPSA) is 91.5 Å². The normalized spacial score (nSPS) is 23.5. The van der Waals surface area contributed by atoms with Gasteiger partial charge < -0.3 is 25.2 Å².